The predicted octanol–water partition coefficient (Wildman–Crippen LogP) is 5.40. The van der Waals surface area contributed by atoms with Gasteiger partial charge in [-0.1, -0.05) is 93.9 Å². The van der Waals surface area contributed by atoms with Gasteiger partial charge in [-0.2, -0.15) is 5.10 Å². The number of unbranched alkanes of at least 4 members (excludes halogenated alkanes) is 1. The van der Waals surface area contributed by atoms with Gasteiger partial charge in [-0.3, -0.25) is 9.13 Å². The summed E-state index contributed by atoms with van der Waals surface area (Å²) in [5, 5.41) is 3.67. The number of hydrogen-bond acceptors (Lipinski definition) is 3. The number of benzene rings is 3. The third kappa shape index (κ3) is 5.38. The van der Waals surface area contributed by atoms with Crippen molar-refractivity contribution in [2.24, 2.45) is 16.7 Å². The Kier molecular flexibility index (Phi) is 8.29. The zero-order valence-electron chi connectivity index (χ0n) is 22.1. The van der Waals surface area contributed by atoms with Gasteiger partial charge in [0.25, 0.3) is 0 Å². The average molecular weight is 496 g/mol. The van der Waals surface area contributed by atoms with E-state index in [4.69, 9.17) is 11.6 Å². The lowest BCUT2D eigenvalue weighted by Gasteiger charge is -2.13. The fraction of sp³-hybridized carbons (Fsp3) is 0.290. The molecule has 1 aromatic heterocycles. The molecule has 0 saturated heterocycles. The molecule has 0 spiro atoms. The number of hydrazone groups is 1. The molecule has 1 heterocycles. The molecule has 37 heavy (non-hydrogen) atoms. The summed E-state index contributed by atoms with van der Waals surface area (Å²) in [6.45, 7) is 6.99. The quantitative estimate of drug-likeness (QED) is 0.134. The zero-order chi connectivity index (χ0) is 26.4. The first-order chi connectivity index (χ1) is 18.0. The minimum Gasteiger partial charge on any atom is -0.382 e. The molecule has 0 aliphatic carbocycles. The number of imidazole rings is 1. The van der Waals surface area contributed by atoms with Crippen LogP contribution in [0, 0.1) is 0 Å². The second-order valence-electron chi connectivity index (χ2n) is 9.35. The number of rotatable bonds is 10. The van der Waals surface area contributed by atoms with E-state index in [0.29, 0.717) is 12.4 Å². The molecule has 0 amide bonds. The molecule has 6 nitrogen and oxygen atoms in total. The smallest absolute Gasteiger partial charge is 0.333 e. The highest BCUT2D eigenvalue weighted by atomic mass is 16.1. The van der Waals surface area contributed by atoms with Gasteiger partial charge >= 0.3 is 5.69 Å². The molecule has 0 saturated carbocycles. The maximum absolute atomic E-state index is 13.8. The summed E-state index contributed by atoms with van der Waals surface area (Å²) in [6, 6.07) is 22.4. The number of aryl methyl sites for hydroxylation is 3. The van der Waals surface area contributed by atoms with Gasteiger partial charge in [0.15, 0.2) is 5.84 Å². The van der Waals surface area contributed by atoms with Crippen LogP contribution in [0.15, 0.2) is 82.8 Å². The minimum absolute atomic E-state index is 0.0167. The van der Waals surface area contributed by atoms with Gasteiger partial charge in [0.1, 0.15) is 0 Å². The highest BCUT2D eigenvalue weighted by Gasteiger charge is 2.17. The summed E-state index contributed by atoms with van der Waals surface area (Å²) < 4.78 is 3.81. The van der Waals surface area contributed by atoms with Gasteiger partial charge in [0, 0.05) is 17.5 Å². The summed E-state index contributed by atoms with van der Waals surface area (Å²) in [5.74, 6) is 5.73. The van der Waals surface area contributed by atoms with Gasteiger partial charge in [-0.05, 0) is 53.5 Å². The molecule has 0 atom stereocenters. The summed E-state index contributed by atoms with van der Waals surface area (Å²) in [5.41, 5.74) is 14.4. The average Bonchev–Trinajstić information content (AvgIpc) is 3.25. The molecule has 4 N–H and O–H groups in total. The third-order valence-corrected chi connectivity index (χ3v) is 7.00. The number of amidine groups is 1. The molecule has 3 aromatic carbocycles. The van der Waals surface area contributed by atoms with Crippen LogP contribution in [0.2, 0.25) is 0 Å². The molecular weight excluding hydrogens is 458 g/mol. The van der Waals surface area contributed by atoms with Crippen LogP contribution in [-0.2, 0) is 25.8 Å². The molecule has 0 radical (unpaired) electrons. The monoisotopic (exact) mass is 495 g/mol. The standard InChI is InChI=1S/C31H37N5O/c1-4-7-13-26-21-36(29-23(5-2)11-10-12-24(29)6-3)31(37)35(26)20-22-16-18-25(19-17-22)27-14-8-9-15-28(27)30(32)34-33/h8-12,14-19,21H,4-7,13,20,33H2,1-3H3,(H2,32,34). The fourth-order valence-corrected chi connectivity index (χ4v) is 4.94. The van der Waals surface area contributed by atoms with Gasteiger partial charge in [-0.25, -0.2) is 4.79 Å². The second kappa shape index (κ2) is 11.8. The maximum atomic E-state index is 13.8. The van der Waals surface area contributed by atoms with Crippen LogP contribution in [0.25, 0.3) is 16.8 Å². The fourth-order valence-electron chi connectivity index (χ4n) is 4.94. The van der Waals surface area contributed by atoms with E-state index in [1.54, 1.807) is 0 Å². The first-order valence-electron chi connectivity index (χ1n) is 13.2. The van der Waals surface area contributed by atoms with Crippen LogP contribution in [-0.4, -0.2) is 15.0 Å². The van der Waals surface area contributed by atoms with Crippen molar-refractivity contribution < 1.29 is 0 Å². The number of nitrogens with two attached hydrogens (primary N) is 2. The lowest BCUT2D eigenvalue weighted by molar-refractivity contribution is 0.673. The van der Waals surface area contributed by atoms with E-state index in [1.165, 1.54) is 11.1 Å². The van der Waals surface area contributed by atoms with E-state index < -0.39 is 0 Å². The van der Waals surface area contributed by atoms with Crippen molar-refractivity contribution in [1.29, 1.82) is 0 Å². The topological polar surface area (TPSA) is 91.3 Å². The molecule has 192 valence electrons. The Morgan fingerprint density at radius 3 is 2.19 bits per heavy atom. The minimum atomic E-state index is 0.0167. The van der Waals surface area contributed by atoms with E-state index >= 15 is 0 Å². The van der Waals surface area contributed by atoms with Crippen molar-refractivity contribution in [3.8, 4) is 16.8 Å². The summed E-state index contributed by atoms with van der Waals surface area (Å²) in [4.78, 5) is 13.8. The van der Waals surface area contributed by atoms with Crippen molar-refractivity contribution in [2.75, 3.05) is 0 Å². The SMILES string of the molecule is CCCCc1cn(-c2c(CC)cccc2CC)c(=O)n1Cc1ccc(-c2ccccc2/C(N)=N/N)cc1. The van der Waals surface area contributed by atoms with Crippen molar-refractivity contribution in [3.63, 3.8) is 0 Å². The molecule has 4 rings (SSSR count). The summed E-state index contributed by atoms with van der Waals surface area (Å²) in [6.07, 6.45) is 6.82. The van der Waals surface area contributed by atoms with Gasteiger partial charge in [-0.15, -0.1) is 0 Å². The van der Waals surface area contributed by atoms with Crippen LogP contribution in [0.3, 0.4) is 0 Å². The van der Waals surface area contributed by atoms with Crippen LogP contribution >= 0.6 is 0 Å². The molecule has 0 fully saturated rings. The highest BCUT2D eigenvalue weighted by Crippen LogP contribution is 2.25. The van der Waals surface area contributed by atoms with Crippen LogP contribution < -0.4 is 17.3 Å². The molecule has 0 bridgehead atoms. The lowest BCUT2D eigenvalue weighted by Crippen LogP contribution is -2.26. The molecule has 0 aliphatic rings. The molecule has 4 aromatic rings. The Morgan fingerprint density at radius 2 is 1.57 bits per heavy atom. The van der Waals surface area contributed by atoms with E-state index in [2.05, 4.69) is 74.5 Å². The van der Waals surface area contributed by atoms with Gasteiger partial charge in [0.05, 0.1) is 12.2 Å². The maximum Gasteiger partial charge on any atom is 0.333 e. The van der Waals surface area contributed by atoms with Crippen LogP contribution in [0.5, 0.6) is 0 Å². The van der Waals surface area contributed by atoms with Crippen molar-refractivity contribution >= 4 is 5.84 Å². The Morgan fingerprint density at radius 1 is 0.892 bits per heavy atom. The van der Waals surface area contributed by atoms with Crippen LogP contribution in [0.1, 0.15) is 61.6 Å². The first-order valence-corrected chi connectivity index (χ1v) is 13.2. The van der Waals surface area contributed by atoms with Crippen molar-refractivity contribution in [1.82, 2.24) is 9.13 Å². The van der Waals surface area contributed by atoms with E-state index in [0.717, 1.165) is 65.7 Å². The molecule has 6 heteroatoms. The molecule has 0 aliphatic heterocycles. The largest absolute Gasteiger partial charge is 0.382 e. The summed E-state index contributed by atoms with van der Waals surface area (Å²) in [7, 11) is 0. The number of nitrogens with zero attached hydrogens (tertiary/aromatic N) is 3. The Bertz CT molecular complexity index is 1420. The zero-order valence-corrected chi connectivity index (χ0v) is 22.1. The lowest BCUT2D eigenvalue weighted by atomic mass is 9.98. The van der Waals surface area contributed by atoms with Crippen LogP contribution in [0.4, 0.5) is 0 Å². The first kappa shape index (κ1) is 26.0. The Hall–Kier alpha value is -4.06. The van der Waals surface area contributed by atoms with Gasteiger partial charge in [0.2, 0.25) is 0 Å². The van der Waals surface area contributed by atoms with E-state index in [1.807, 2.05) is 33.4 Å². The third-order valence-electron chi connectivity index (χ3n) is 7.00. The van der Waals surface area contributed by atoms with Crippen molar-refractivity contribution in [3.05, 3.63) is 111 Å². The summed E-state index contributed by atoms with van der Waals surface area (Å²) >= 11 is 0. The highest BCUT2D eigenvalue weighted by molar-refractivity contribution is 6.03. The second-order valence-corrected chi connectivity index (χ2v) is 9.35. The normalized spacial score (nSPS) is 11.7. The number of hydrogen-bond donors (Lipinski definition) is 2. The van der Waals surface area contributed by atoms with E-state index in [-0.39, 0.29) is 5.69 Å². The van der Waals surface area contributed by atoms with E-state index in [9.17, 15) is 4.79 Å². The number of para-hydroxylation sites is 1. The molecule has 0 unspecified atom stereocenters. The predicted molar refractivity (Wildman–Crippen MR) is 153 cm³/mol. The van der Waals surface area contributed by atoms with Crippen molar-refractivity contribution in [2.45, 2.75) is 59.4 Å². The molecular formula is C31H37N5O. The Labute approximate surface area is 219 Å². The number of aromatic nitrogens is 2. The van der Waals surface area contributed by atoms with Gasteiger partial charge < -0.3 is 11.6 Å². The Balaban J connectivity index is 1.73.